The topological polar surface area (TPSA) is 20.3 Å². The summed E-state index contributed by atoms with van der Waals surface area (Å²) in [7, 11) is 1.73. The van der Waals surface area contributed by atoms with Crippen molar-refractivity contribution in [1.29, 1.82) is 0 Å². The summed E-state index contributed by atoms with van der Waals surface area (Å²) in [6, 6.07) is 1.60. The van der Waals surface area contributed by atoms with Crippen LogP contribution in [0, 0.1) is 0 Å². The number of halogens is 3. The number of hydrogen-bond donors (Lipinski definition) is 0. The van der Waals surface area contributed by atoms with E-state index in [4.69, 9.17) is 23.2 Å². The molecule has 1 rings (SSSR count). The Morgan fingerprint density at radius 2 is 2.29 bits per heavy atom. The van der Waals surface area contributed by atoms with Crippen LogP contribution in [0.25, 0.3) is 0 Å². The molecular formula is C8H8BrCl2NOS. The van der Waals surface area contributed by atoms with E-state index in [1.165, 1.54) is 11.3 Å². The number of carbonyl (C=O) groups is 1. The van der Waals surface area contributed by atoms with E-state index in [2.05, 4.69) is 15.9 Å². The molecule has 0 atom stereocenters. The predicted octanol–water partition coefficient (Wildman–Crippen LogP) is 3.52. The Morgan fingerprint density at radius 1 is 1.64 bits per heavy atom. The lowest BCUT2D eigenvalue weighted by Gasteiger charge is -2.14. The molecule has 0 aliphatic rings. The van der Waals surface area contributed by atoms with Gasteiger partial charge in [0.25, 0.3) is 5.91 Å². The predicted molar refractivity (Wildman–Crippen MR) is 65.1 cm³/mol. The van der Waals surface area contributed by atoms with Crippen LogP contribution in [0.4, 0.5) is 0 Å². The average Bonchev–Trinajstić information content (AvgIpc) is 2.44. The number of nitrogens with zero attached hydrogens (tertiary/aromatic N) is 1. The van der Waals surface area contributed by atoms with Crippen LogP contribution in [0.2, 0.25) is 8.67 Å². The highest BCUT2D eigenvalue weighted by molar-refractivity contribution is 9.09. The van der Waals surface area contributed by atoms with E-state index >= 15 is 0 Å². The molecule has 1 aromatic rings. The third kappa shape index (κ3) is 2.86. The summed E-state index contributed by atoms with van der Waals surface area (Å²) in [6.07, 6.45) is 0. The molecule has 2 nitrogen and oxygen atoms in total. The summed E-state index contributed by atoms with van der Waals surface area (Å²) in [6.45, 7) is 0.641. The SMILES string of the molecule is CN(CCBr)C(=O)c1cc(Cl)sc1Cl. The smallest absolute Gasteiger partial charge is 0.256 e. The molecule has 0 N–H and O–H groups in total. The molecule has 1 aromatic heterocycles. The minimum atomic E-state index is -0.0994. The first-order chi connectivity index (χ1) is 6.56. The molecule has 0 unspecified atom stereocenters. The Balaban J connectivity index is 2.83. The third-order valence-electron chi connectivity index (χ3n) is 1.65. The van der Waals surface area contributed by atoms with Gasteiger partial charge in [0, 0.05) is 18.9 Å². The molecule has 0 aliphatic heterocycles. The molecule has 78 valence electrons. The van der Waals surface area contributed by atoms with Crippen molar-refractivity contribution in [2.24, 2.45) is 0 Å². The van der Waals surface area contributed by atoms with Crippen LogP contribution in [-0.2, 0) is 0 Å². The largest absolute Gasteiger partial charge is 0.341 e. The van der Waals surface area contributed by atoms with E-state index in [9.17, 15) is 4.79 Å². The van der Waals surface area contributed by atoms with E-state index in [-0.39, 0.29) is 5.91 Å². The maximum Gasteiger partial charge on any atom is 0.256 e. The fraction of sp³-hybridized carbons (Fsp3) is 0.375. The Hall–Kier alpha value is 0.230. The zero-order valence-corrected chi connectivity index (χ0v) is 11.3. The molecule has 0 fully saturated rings. The van der Waals surface area contributed by atoms with Gasteiger partial charge in [0.2, 0.25) is 0 Å². The van der Waals surface area contributed by atoms with Crippen molar-refractivity contribution in [3.8, 4) is 0 Å². The Morgan fingerprint density at radius 3 is 2.71 bits per heavy atom. The zero-order valence-electron chi connectivity index (χ0n) is 7.39. The van der Waals surface area contributed by atoms with Gasteiger partial charge in [-0.15, -0.1) is 11.3 Å². The van der Waals surface area contributed by atoms with Gasteiger partial charge < -0.3 is 4.90 Å². The van der Waals surface area contributed by atoms with Crippen LogP contribution in [0.1, 0.15) is 10.4 Å². The number of carbonyl (C=O) groups excluding carboxylic acids is 1. The molecule has 0 spiro atoms. The number of thiophene rings is 1. The highest BCUT2D eigenvalue weighted by Gasteiger charge is 2.17. The maximum absolute atomic E-state index is 11.7. The van der Waals surface area contributed by atoms with Crippen molar-refractivity contribution >= 4 is 56.4 Å². The summed E-state index contributed by atoms with van der Waals surface area (Å²) in [5, 5.41) is 0.741. The fourth-order valence-electron chi connectivity index (χ4n) is 0.920. The third-order valence-corrected chi connectivity index (χ3v) is 3.50. The van der Waals surface area contributed by atoms with Crippen LogP contribution in [0.5, 0.6) is 0 Å². The summed E-state index contributed by atoms with van der Waals surface area (Å²) in [5.41, 5.74) is 0.477. The number of hydrogen-bond acceptors (Lipinski definition) is 2. The second kappa shape index (κ2) is 5.35. The van der Waals surface area contributed by atoms with Gasteiger partial charge in [0.05, 0.1) is 9.90 Å². The molecule has 1 heterocycles. The van der Waals surface area contributed by atoms with E-state index in [0.717, 1.165) is 5.33 Å². The molecule has 0 radical (unpaired) electrons. The fourth-order valence-corrected chi connectivity index (χ4v) is 2.90. The van der Waals surface area contributed by atoms with Gasteiger partial charge in [-0.3, -0.25) is 4.79 Å². The lowest BCUT2D eigenvalue weighted by atomic mass is 10.3. The van der Waals surface area contributed by atoms with E-state index in [1.54, 1.807) is 18.0 Å². The molecule has 0 aromatic carbocycles. The Kier molecular flexibility index (Phi) is 4.70. The van der Waals surface area contributed by atoms with E-state index < -0.39 is 0 Å². The molecular weight excluding hydrogens is 309 g/mol. The van der Waals surface area contributed by atoms with Gasteiger partial charge in [-0.2, -0.15) is 0 Å². The van der Waals surface area contributed by atoms with Gasteiger partial charge in [0.1, 0.15) is 4.34 Å². The van der Waals surface area contributed by atoms with Crippen LogP contribution < -0.4 is 0 Å². The summed E-state index contributed by atoms with van der Waals surface area (Å²) >= 11 is 16.1. The first-order valence-electron chi connectivity index (χ1n) is 3.82. The molecule has 0 bridgehead atoms. The monoisotopic (exact) mass is 315 g/mol. The summed E-state index contributed by atoms with van der Waals surface area (Å²) < 4.78 is 0.979. The van der Waals surface area contributed by atoms with Crippen LogP contribution in [0.15, 0.2) is 6.07 Å². The van der Waals surface area contributed by atoms with Gasteiger partial charge in [-0.05, 0) is 6.07 Å². The van der Waals surface area contributed by atoms with Crippen LogP contribution >= 0.6 is 50.5 Å². The average molecular weight is 317 g/mol. The summed E-state index contributed by atoms with van der Waals surface area (Å²) in [4.78, 5) is 13.3. The van der Waals surface area contributed by atoms with Crippen molar-refractivity contribution in [3.05, 3.63) is 20.3 Å². The van der Waals surface area contributed by atoms with E-state index in [1.807, 2.05) is 0 Å². The molecule has 0 saturated carbocycles. The standard InChI is InChI=1S/C8H8BrCl2NOS/c1-12(3-2-9)8(13)5-4-6(10)14-7(5)11/h4H,2-3H2,1H3. The molecule has 6 heteroatoms. The van der Waals surface area contributed by atoms with Crippen LogP contribution in [0.3, 0.4) is 0 Å². The van der Waals surface area contributed by atoms with E-state index in [0.29, 0.717) is 20.8 Å². The lowest BCUT2D eigenvalue weighted by Crippen LogP contribution is -2.28. The quantitative estimate of drug-likeness (QED) is 0.781. The van der Waals surface area contributed by atoms with Crippen molar-refractivity contribution < 1.29 is 4.79 Å². The summed E-state index contributed by atoms with van der Waals surface area (Å²) in [5.74, 6) is -0.0994. The zero-order chi connectivity index (χ0) is 10.7. The first kappa shape index (κ1) is 12.3. The van der Waals surface area contributed by atoms with Crippen molar-refractivity contribution in [2.45, 2.75) is 0 Å². The van der Waals surface area contributed by atoms with Crippen molar-refractivity contribution in [2.75, 3.05) is 18.9 Å². The Bertz CT molecular complexity index is 342. The van der Waals surface area contributed by atoms with Crippen molar-refractivity contribution in [3.63, 3.8) is 0 Å². The molecule has 1 amide bonds. The Labute approximate surface area is 105 Å². The number of rotatable bonds is 3. The lowest BCUT2D eigenvalue weighted by molar-refractivity contribution is 0.0805. The van der Waals surface area contributed by atoms with Gasteiger partial charge >= 0.3 is 0 Å². The molecule has 14 heavy (non-hydrogen) atoms. The molecule has 0 saturated heterocycles. The first-order valence-corrected chi connectivity index (χ1v) is 6.52. The second-order valence-electron chi connectivity index (χ2n) is 2.65. The number of alkyl halides is 1. The van der Waals surface area contributed by atoms with Gasteiger partial charge in [-0.25, -0.2) is 0 Å². The normalized spacial score (nSPS) is 10.3. The second-order valence-corrected chi connectivity index (χ2v) is 5.73. The number of amides is 1. The minimum absolute atomic E-state index is 0.0994. The molecule has 0 aliphatic carbocycles. The minimum Gasteiger partial charge on any atom is -0.341 e. The maximum atomic E-state index is 11.7. The van der Waals surface area contributed by atoms with Crippen molar-refractivity contribution in [1.82, 2.24) is 4.90 Å². The highest BCUT2D eigenvalue weighted by atomic mass is 79.9. The van der Waals surface area contributed by atoms with Gasteiger partial charge in [0.15, 0.2) is 0 Å². The highest BCUT2D eigenvalue weighted by Crippen LogP contribution is 2.31. The van der Waals surface area contributed by atoms with Crippen LogP contribution in [-0.4, -0.2) is 29.7 Å². The van der Waals surface area contributed by atoms with Gasteiger partial charge in [-0.1, -0.05) is 39.1 Å².